The SMILES string of the molecule is CC(C)CCCCCCCCCOP1(=O)OCCOOOOOO1. The van der Waals surface area contributed by atoms with E-state index in [1.807, 2.05) is 0 Å². The second-order valence-corrected chi connectivity index (χ2v) is 7.50. The molecule has 0 N–H and O–H groups in total. The minimum atomic E-state index is -3.87. The first-order valence-corrected chi connectivity index (χ1v) is 9.95. The maximum atomic E-state index is 12.1. The number of hydrogen-bond donors (Lipinski definition) is 0. The maximum absolute atomic E-state index is 12.1. The lowest BCUT2D eigenvalue weighted by atomic mass is 10.0. The van der Waals surface area contributed by atoms with Gasteiger partial charge in [-0.05, 0) is 32.5 Å². The molecule has 144 valence electrons. The molecule has 24 heavy (non-hydrogen) atoms. The van der Waals surface area contributed by atoms with Crippen molar-refractivity contribution in [2.45, 2.75) is 65.2 Å². The highest BCUT2D eigenvalue weighted by molar-refractivity contribution is 7.48. The average molecular weight is 372 g/mol. The fraction of sp³-hybridized carbons (Fsp3) is 1.00. The van der Waals surface area contributed by atoms with Crippen LogP contribution in [0.3, 0.4) is 0 Å². The quantitative estimate of drug-likeness (QED) is 0.293. The summed E-state index contributed by atoms with van der Waals surface area (Å²) in [4.78, 5) is 4.43. The van der Waals surface area contributed by atoms with Gasteiger partial charge in [0, 0.05) is 0 Å². The van der Waals surface area contributed by atoms with E-state index in [1.165, 1.54) is 32.1 Å². The summed E-state index contributed by atoms with van der Waals surface area (Å²) >= 11 is 0. The van der Waals surface area contributed by atoms with Crippen molar-refractivity contribution in [2.24, 2.45) is 5.92 Å². The average Bonchev–Trinajstić information content (AvgIpc) is 2.55. The van der Waals surface area contributed by atoms with Gasteiger partial charge in [0.25, 0.3) is 0 Å². The van der Waals surface area contributed by atoms with Crippen LogP contribution in [0.4, 0.5) is 0 Å². The molecule has 0 amide bonds. The Labute approximate surface area is 143 Å². The van der Waals surface area contributed by atoms with Gasteiger partial charge in [0.2, 0.25) is 0 Å². The molecule has 0 aromatic rings. The highest BCUT2D eigenvalue weighted by Crippen LogP contribution is 2.49. The van der Waals surface area contributed by atoms with Crippen molar-refractivity contribution in [1.82, 2.24) is 0 Å². The lowest BCUT2D eigenvalue weighted by Crippen LogP contribution is -2.11. The predicted molar refractivity (Wildman–Crippen MR) is 82.7 cm³/mol. The molecule has 1 unspecified atom stereocenters. The van der Waals surface area contributed by atoms with Crippen LogP contribution >= 0.6 is 7.82 Å². The molecule has 1 atom stereocenters. The van der Waals surface area contributed by atoms with E-state index in [2.05, 4.69) is 43.6 Å². The maximum Gasteiger partial charge on any atom is 0.504 e. The molecule has 9 nitrogen and oxygen atoms in total. The van der Waals surface area contributed by atoms with Crippen LogP contribution in [0, 0.1) is 5.92 Å². The Kier molecular flexibility index (Phi) is 12.9. The van der Waals surface area contributed by atoms with E-state index >= 15 is 0 Å². The molecule has 0 aromatic heterocycles. The minimum Gasteiger partial charge on any atom is -0.285 e. The first-order valence-electron chi connectivity index (χ1n) is 8.49. The topological polar surface area (TPSA) is 90.9 Å². The van der Waals surface area contributed by atoms with E-state index in [0.717, 1.165) is 25.2 Å². The monoisotopic (exact) mass is 372 g/mol. The zero-order valence-electron chi connectivity index (χ0n) is 14.5. The third kappa shape index (κ3) is 12.3. The predicted octanol–water partition coefficient (Wildman–Crippen LogP) is 4.59. The van der Waals surface area contributed by atoms with Gasteiger partial charge in [-0.1, -0.05) is 63.5 Å². The number of rotatable bonds is 11. The molecule has 1 rings (SSSR count). The van der Waals surface area contributed by atoms with Gasteiger partial charge < -0.3 is 0 Å². The van der Waals surface area contributed by atoms with Crippen molar-refractivity contribution in [1.29, 1.82) is 0 Å². The lowest BCUT2D eigenvalue weighted by molar-refractivity contribution is -0.748. The smallest absolute Gasteiger partial charge is 0.285 e. The summed E-state index contributed by atoms with van der Waals surface area (Å²) < 4.78 is 26.6. The summed E-state index contributed by atoms with van der Waals surface area (Å²) in [5, 5.41) is 15.9. The molecule has 1 saturated heterocycles. The van der Waals surface area contributed by atoms with E-state index in [9.17, 15) is 4.57 Å². The zero-order valence-corrected chi connectivity index (χ0v) is 15.4. The first kappa shape index (κ1) is 22.0. The molecule has 0 aliphatic carbocycles. The largest absolute Gasteiger partial charge is 0.504 e. The summed E-state index contributed by atoms with van der Waals surface area (Å²) in [6.07, 6.45) is 9.21. The van der Waals surface area contributed by atoms with E-state index in [1.54, 1.807) is 0 Å². The van der Waals surface area contributed by atoms with Gasteiger partial charge in [-0.3, -0.25) is 9.05 Å². The van der Waals surface area contributed by atoms with Crippen LogP contribution in [0.1, 0.15) is 65.2 Å². The number of unbranched alkanes of at least 4 members (excludes halogenated alkanes) is 6. The number of phosphoric acid groups is 1. The van der Waals surface area contributed by atoms with Crippen molar-refractivity contribution in [3.8, 4) is 0 Å². The third-order valence-electron chi connectivity index (χ3n) is 3.34. The van der Waals surface area contributed by atoms with Crippen molar-refractivity contribution in [2.75, 3.05) is 19.8 Å². The molecule has 0 saturated carbocycles. The molecular weight excluding hydrogens is 343 g/mol. The van der Waals surface area contributed by atoms with Crippen molar-refractivity contribution < 1.29 is 43.3 Å². The highest BCUT2D eigenvalue weighted by Gasteiger charge is 2.30. The fourth-order valence-electron chi connectivity index (χ4n) is 2.10. The molecule has 1 heterocycles. The Morgan fingerprint density at radius 2 is 1.54 bits per heavy atom. The number of phosphoric ester groups is 1. The van der Waals surface area contributed by atoms with Gasteiger partial charge >= 0.3 is 7.82 Å². The minimum absolute atomic E-state index is 0.0448. The Hall–Kier alpha value is -0.0900. The summed E-state index contributed by atoms with van der Waals surface area (Å²) in [6.45, 7) is 4.61. The van der Waals surface area contributed by atoms with Gasteiger partial charge in [0.05, 0.1) is 13.2 Å². The fourth-order valence-corrected chi connectivity index (χ4v) is 3.02. The zero-order chi connectivity index (χ0) is 17.5. The highest BCUT2D eigenvalue weighted by atomic mass is 31.2. The Morgan fingerprint density at radius 3 is 2.29 bits per heavy atom. The van der Waals surface area contributed by atoms with Crippen LogP contribution in [0.2, 0.25) is 0 Å². The van der Waals surface area contributed by atoms with E-state index < -0.39 is 7.82 Å². The molecule has 0 bridgehead atoms. The van der Waals surface area contributed by atoms with E-state index in [4.69, 9.17) is 9.05 Å². The number of hydrogen-bond acceptors (Lipinski definition) is 9. The van der Waals surface area contributed by atoms with E-state index in [0.29, 0.717) is 0 Å². The molecule has 1 aliphatic rings. The van der Waals surface area contributed by atoms with Crippen molar-refractivity contribution >= 4 is 7.82 Å². The summed E-state index contributed by atoms with van der Waals surface area (Å²) in [6, 6.07) is 0. The molecule has 0 radical (unpaired) electrons. The van der Waals surface area contributed by atoms with E-state index in [-0.39, 0.29) is 19.8 Å². The van der Waals surface area contributed by atoms with Crippen LogP contribution in [0.25, 0.3) is 0 Å². The van der Waals surface area contributed by atoms with Crippen LogP contribution in [-0.4, -0.2) is 19.8 Å². The van der Waals surface area contributed by atoms with Crippen molar-refractivity contribution in [3.05, 3.63) is 0 Å². The summed E-state index contributed by atoms with van der Waals surface area (Å²) in [5.41, 5.74) is 0. The molecular formula is C14H29O9P. The van der Waals surface area contributed by atoms with Gasteiger partial charge in [0.1, 0.15) is 6.61 Å². The molecule has 1 fully saturated rings. The van der Waals surface area contributed by atoms with Crippen LogP contribution in [0.5, 0.6) is 0 Å². The standard InChI is InChI=1S/C14H29O9P/c1-14(2)10-8-6-4-3-5-7-9-11-17-24(15)18-13-12-16-19-20-21-22-23-24/h14H,3-13H2,1-2H3. The van der Waals surface area contributed by atoms with Crippen LogP contribution in [-0.2, 0) is 43.3 Å². The molecule has 1 aliphatic heterocycles. The third-order valence-corrected chi connectivity index (χ3v) is 4.59. The van der Waals surface area contributed by atoms with Crippen LogP contribution in [0.15, 0.2) is 0 Å². The molecule has 10 heteroatoms. The Balaban J connectivity index is 2.00. The first-order chi connectivity index (χ1) is 11.6. The Morgan fingerprint density at radius 1 is 0.875 bits per heavy atom. The summed E-state index contributed by atoms with van der Waals surface area (Å²) in [5.74, 6) is 0.788. The second kappa shape index (κ2) is 14.1. The van der Waals surface area contributed by atoms with Gasteiger partial charge in [-0.25, -0.2) is 9.45 Å². The Bertz CT molecular complexity index is 326. The normalized spacial score (nSPS) is 23.5. The lowest BCUT2D eigenvalue weighted by Gasteiger charge is -2.16. The van der Waals surface area contributed by atoms with Gasteiger partial charge in [-0.15, -0.1) is 0 Å². The van der Waals surface area contributed by atoms with Gasteiger partial charge in [-0.2, -0.15) is 0 Å². The van der Waals surface area contributed by atoms with Crippen LogP contribution < -0.4 is 0 Å². The molecule has 0 aromatic carbocycles. The molecule has 0 spiro atoms. The second-order valence-electron chi connectivity index (χ2n) is 5.94. The summed E-state index contributed by atoms with van der Waals surface area (Å²) in [7, 11) is -3.87. The van der Waals surface area contributed by atoms with Gasteiger partial charge in [0.15, 0.2) is 0 Å². The van der Waals surface area contributed by atoms with Crippen molar-refractivity contribution in [3.63, 3.8) is 0 Å².